The summed E-state index contributed by atoms with van der Waals surface area (Å²) in [6, 6.07) is 13.9. The first-order chi connectivity index (χ1) is 14.5. The predicted octanol–water partition coefficient (Wildman–Crippen LogP) is 3.29. The molecule has 0 saturated carbocycles. The minimum atomic E-state index is -0.431. The van der Waals surface area contributed by atoms with Gasteiger partial charge in [-0.15, -0.1) is 0 Å². The van der Waals surface area contributed by atoms with Crippen LogP contribution in [-0.2, 0) is 0 Å². The zero-order valence-corrected chi connectivity index (χ0v) is 17.4. The van der Waals surface area contributed by atoms with Gasteiger partial charge >= 0.3 is 0 Å². The molecule has 1 N–H and O–H groups in total. The van der Waals surface area contributed by atoms with Crippen molar-refractivity contribution in [1.82, 2.24) is 20.0 Å². The molecule has 0 fully saturated rings. The molecule has 9 heteroatoms. The third-order valence-corrected chi connectivity index (χ3v) is 4.90. The molecule has 7 nitrogen and oxygen atoms in total. The van der Waals surface area contributed by atoms with Crippen molar-refractivity contribution < 1.29 is 9.18 Å². The molecule has 0 spiro atoms. The number of benzene rings is 2. The van der Waals surface area contributed by atoms with E-state index in [1.807, 2.05) is 6.07 Å². The molecule has 4 rings (SSSR count). The lowest BCUT2D eigenvalue weighted by atomic mass is 10.2. The molecule has 0 atom stereocenters. The van der Waals surface area contributed by atoms with E-state index < -0.39 is 11.7 Å². The van der Waals surface area contributed by atoms with Crippen molar-refractivity contribution in [2.45, 2.75) is 0 Å². The molecule has 0 radical (unpaired) electrons. The highest BCUT2D eigenvalue weighted by Gasteiger charge is 2.12. The molecule has 2 aromatic carbocycles. The van der Waals surface area contributed by atoms with Gasteiger partial charge in [0, 0.05) is 21.5 Å². The van der Waals surface area contributed by atoms with Crippen molar-refractivity contribution in [3.05, 3.63) is 98.1 Å². The number of carbonyl (C=O) groups excluding carboxylic acids is 1. The molecule has 2 heterocycles. The molecule has 1 amide bonds. The van der Waals surface area contributed by atoms with Gasteiger partial charge in [0.05, 0.1) is 22.8 Å². The Bertz CT molecular complexity index is 1320. The van der Waals surface area contributed by atoms with Gasteiger partial charge in [-0.1, -0.05) is 0 Å². The number of aromatic nitrogens is 3. The van der Waals surface area contributed by atoms with E-state index >= 15 is 0 Å². The van der Waals surface area contributed by atoms with E-state index in [9.17, 15) is 14.0 Å². The number of rotatable bonds is 4. The molecular formula is C21H13FIN5O2. The monoisotopic (exact) mass is 513 g/mol. The average molecular weight is 513 g/mol. The van der Waals surface area contributed by atoms with Crippen LogP contribution in [0.5, 0.6) is 0 Å². The van der Waals surface area contributed by atoms with Crippen LogP contribution in [0.25, 0.3) is 16.6 Å². The Morgan fingerprint density at radius 1 is 1.10 bits per heavy atom. The molecule has 0 aliphatic heterocycles. The molecule has 0 aliphatic carbocycles. The van der Waals surface area contributed by atoms with Crippen molar-refractivity contribution in [3.8, 4) is 5.69 Å². The Labute approximate surface area is 183 Å². The fourth-order valence-electron chi connectivity index (χ4n) is 2.82. The highest BCUT2D eigenvalue weighted by atomic mass is 127. The van der Waals surface area contributed by atoms with Crippen LogP contribution in [0.3, 0.4) is 0 Å². The van der Waals surface area contributed by atoms with Gasteiger partial charge < -0.3 is 0 Å². The summed E-state index contributed by atoms with van der Waals surface area (Å²) < 4.78 is 15.6. The quantitative estimate of drug-likeness (QED) is 0.258. The minimum Gasteiger partial charge on any atom is -0.268 e. The van der Waals surface area contributed by atoms with Crippen molar-refractivity contribution in [2.24, 2.45) is 5.10 Å². The topological polar surface area (TPSA) is 89.2 Å². The van der Waals surface area contributed by atoms with E-state index in [0.29, 0.717) is 22.2 Å². The lowest BCUT2D eigenvalue weighted by molar-refractivity contribution is 0.0955. The van der Waals surface area contributed by atoms with Crippen molar-refractivity contribution in [1.29, 1.82) is 0 Å². The Kier molecular flexibility index (Phi) is 5.61. The number of carbonyl (C=O) groups is 1. The molecule has 4 aromatic rings. The highest BCUT2D eigenvalue weighted by molar-refractivity contribution is 14.1. The average Bonchev–Trinajstić information content (AvgIpc) is 2.76. The summed E-state index contributed by atoms with van der Waals surface area (Å²) in [4.78, 5) is 33.7. The number of nitrogens with zero attached hydrogens (tertiary/aromatic N) is 4. The first-order valence-corrected chi connectivity index (χ1v) is 9.82. The van der Waals surface area contributed by atoms with E-state index in [-0.39, 0.29) is 11.4 Å². The number of fused-ring (bicyclic) bond motifs is 1. The first kappa shape index (κ1) is 19.8. The van der Waals surface area contributed by atoms with E-state index in [1.54, 1.807) is 24.3 Å². The second-order valence-electron chi connectivity index (χ2n) is 6.18. The zero-order valence-electron chi connectivity index (χ0n) is 15.3. The highest BCUT2D eigenvalue weighted by Crippen LogP contribution is 2.15. The predicted molar refractivity (Wildman–Crippen MR) is 119 cm³/mol. The van der Waals surface area contributed by atoms with Gasteiger partial charge in [0.2, 0.25) is 0 Å². The molecule has 2 aromatic heterocycles. The maximum atomic E-state index is 13.4. The molecular weight excluding hydrogens is 500 g/mol. The number of amides is 1. The molecule has 0 saturated heterocycles. The maximum absolute atomic E-state index is 13.4. The fraction of sp³-hybridized carbons (Fsp3) is 0. The van der Waals surface area contributed by atoms with E-state index in [4.69, 9.17) is 0 Å². The number of pyridine rings is 1. The summed E-state index contributed by atoms with van der Waals surface area (Å²) >= 11 is 2.12. The van der Waals surface area contributed by atoms with Gasteiger partial charge in [-0.05, 0) is 77.2 Å². The molecule has 0 bridgehead atoms. The van der Waals surface area contributed by atoms with Gasteiger partial charge in [0.15, 0.2) is 5.82 Å². The standard InChI is InChI=1S/C21H13FIN5O2/c22-14-1-4-16(5-2-14)28-19(12-25-27-20(29)13-7-9-24-10-8-13)26-18-6-3-15(23)11-17(18)21(28)30/h1-12H,(H,27,29)/b25-12+. The number of nitrogens with one attached hydrogen (secondary N) is 1. The second-order valence-corrected chi connectivity index (χ2v) is 7.43. The van der Waals surface area contributed by atoms with Crippen molar-refractivity contribution in [3.63, 3.8) is 0 Å². The number of hydrogen-bond donors (Lipinski definition) is 1. The van der Waals surface area contributed by atoms with E-state index in [2.05, 4.69) is 43.1 Å². The van der Waals surface area contributed by atoms with Gasteiger partial charge in [-0.2, -0.15) is 5.10 Å². The van der Waals surface area contributed by atoms with Gasteiger partial charge in [0.25, 0.3) is 11.5 Å². The smallest absolute Gasteiger partial charge is 0.268 e. The Morgan fingerprint density at radius 3 is 2.57 bits per heavy atom. The van der Waals surface area contributed by atoms with E-state index in [1.165, 1.54) is 47.4 Å². The number of hydrazone groups is 1. The van der Waals surface area contributed by atoms with Crippen LogP contribution in [0.1, 0.15) is 16.2 Å². The second kappa shape index (κ2) is 8.49. The van der Waals surface area contributed by atoms with E-state index in [0.717, 1.165) is 3.57 Å². The van der Waals surface area contributed by atoms with Gasteiger partial charge in [0.1, 0.15) is 5.82 Å². The summed E-state index contributed by atoms with van der Waals surface area (Å²) in [6.07, 6.45) is 4.27. The van der Waals surface area contributed by atoms with Crippen LogP contribution >= 0.6 is 22.6 Å². The van der Waals surface area contributed by atoms with Crippen molar-refractivity contribution in [2.75, 3.05) is 0 Å². The first-order valence-electron chi connectivity index (χ1n) is 8.74. The SMILES string of the molecule is O=C(N/N=C/c1nc2ccc(I)cc2c(=O)n1-c1ccc(F)cc1)c1ccncc1. The van der Waals surface area contributed by atoms with Crippen LogP contribution in [0.4, 0.5) is 4.39 Å². The fourth-order valence-corrected chi connectivity index (χ4v) is 3.31. The lowest BCUT2D eigenvalue weighted by Gasteiger charge is -2.11. The minimum absolute atomic E-state index is 0.190. The van der Waals surface area contributed by atoms with Gasteiger partial charge in [-0.3, -0.25) is 19.1 Å². The largest absolute Gasteiger partial charge is 0.271 e. The molecule has 30 heavy (non-hydrogen) atoms. The van der Waals surface area contributed by atoms with Crippen LogP contribution in [-0.4, -0.2) is 26.7 Å². The summed E-state index contributed by atoms with van der Waals surface area (Å²) in [7, 11) is 0. The summed E-state index contributed by atoms with van der Waals surface area (Å²) in [5.41, 5.74) is 3.37. The normalized spacial score (nSPS) is 11.1. The Balaban J connectivity index is 1.78. The summed E-state index contributed by atoms with van der Waals surface area (Å²) in [6.45, 7) is 0. The Hall–Kier alpha value is -3.47. The third kappa shape index (κ3) is 4.10. The summed E-state index contributed by atoms with van der Waals surface area (Å²) in [5.74, 6) is -0.662. The van der Waals surface area contributed by atoms with Crippen LogP contribution < -0.4 is 11.0 Å². The molecule has 0 unspecified atom stereocenters. The number of halogens is 2. The zero-order chi connectivity index (χ0) is 21.1. The lowest BCUT2D eigenvalue weighted by Crippen LogP contribution is -2.25. The van der Waals surface area contributed by atoms with Crippen LogP contribution in [0.15, 0.2) is 76.9 Å². The Morgan fingerprint density at radius 2 is 1.83 bits per heavy atom. The van der Waals surface area contributed by atoms with Gasteiger partial charge in [-0.25, -0.2) is 14.8 Å². The third-order valence-electron chi connectivity index (χ3n) is 4.23. The van der Waals surface area contributed by atoms with Crippen LogP contribution in [0.2, 0.25) is 0 Å². The molecule has 148 valence electrons. The molecule has 0 aliphatic rings. The maximum Gasteiger partial charge on any atom is 0.271 e. The van der Waals surface area contributed by atoms with Crippen molar-refractivity contribution >= 4 is 45.6 Å². The van der Waals surface area contributed by atoms with Crippen LogP contribution in [0, 0.1) is 9.39 Å². The number of hydrogen-bond acceptors (Lipinski definition) is 5. The summed E-state index contributed by atoms with van der Waals surface area (Å²) in [5, 5.41) is 4.36.